The number of rotatable bonds is 4. The van der Waals surface area contributed by atoms with Crippen molar-refractivity contribution in [2.45, 2.75) is 20.3 Å². The van der Waals surface area contributed by atoms with Crippen LogP contribution in [0.4, 0.5) is 5.69 Å². The molecule has 0 fully saturated rings. The van der Waals surface area contributed by atoms with Gasteiger partial charge in [-0.3, -0.25) is 0 Å². The van der Waals surface area contributed by atoms with E-state index in [9.17, 15) is 0 Å². The van der Waals surface area contributed by atoms with E-state index in [-0.39, 0.29) is 0 Å². The summed E-state index contributed by atoms with van der Waals surface area (Å²) in [5.41, 5.74) is 9.48. The highest BCUT2D eigenvalue weighted by Gasteiger charge is 2.10. The Bertz CT molecular complexity index is 779. The van der Waals surface area contributed by atoms with Gasteiger partial charge < -0.3 is 10.5 Å². The van der Waals surface area contributed by atoms with Crippen molar-refractivity contribution in [1.29, 1.82) is 0 Å². The average Bonchev–Trinajstić information content (AvgIpc) is 2.91. The molecule has 0 bridgehead atoms. The van der Waals surface area contributed by atoms with Crippen molar-refractivity contribution < 1.29 is 4.74 Å². The molecule has 0 saturated carbocycles. The summed E-state index contributed by atoms with van der Waals surface area (Å²) in [4.78, 5) is 4.57. The molecule has 2 aromatic heterocycles. The molecular formula is C16H18N4O. The van der Waals surface area contributed by atoms with Gasteiger partial charge in [-0.15, -0.1) is 5.10 Å². The van der Waals surface area contributed by atoms with E-state index in [2.05, 4.69) is 17.0 Å². The number of anilines is 1. The van der Waals surface area contributed by atoms with Crippen LogP contribution in [0.2, 0.25) is 0 Å². The summed E-state index contributed by atoms with van der Waals surface area (Å²) in [6.45, 7) is 4.74. The lowest BCUT2D eigenvalue weighted by Crippen LogP contribution is -1.99. The molecule has 0 aliphatic rings. The monoisotopic (exact) mass is 282 g/mol. The normalized spacial score (nSPS) is 11.0. The van der Waals surface area contributed by atoms with Crippen LogP contribution >= 0.6 is 0 Å². The zero-order chi connectivity index (χ0) is 14.8. The molecule has 5 heteroatoms. The molecule has 3 aromatic rings. The Balaban J connectivity index is 1.98. The Morgan fingerprint density at radius 3 is 2.86 bits per heavy atom. The van der Waals surface area contributed by atoms with Crippen LogP contribution in [0.15, 0.2) is 36.5 Å². The SMILES string of the molecule is CCCOc1ccc(-c2nc3c(C)cccn3n2)cc1N. The van der Waals surface area contributed by atoms with Crippen LogP contribution in [-0.2, 0) is 0 Å². The van der Waals surface area contributed by atoms with Crippen molar-refractivity contribution in [1.82, 2.24) is 14.6 Å². The molecule has 0 atom stereocenters. The standard InChI is InChI=1S/C16H18N4O/c1-3-9-21-14-7-6-12(10-13(14)17)15-18-16-11(2)5-4-8-20(16)19-15/h4-8,10H,3,9,17H2,1-2H3. The Hall–Kier alpha value is -2.56. The van der Waals surface area contributed by atoms with E-state index in [1.165, 1.54) is 0 Å². The molecule has 0 aliphatic heterocycles. The number of nitrogens with two attached hydrogens (primary N) is 1. The van der Waals surface area contributed by atoms with Gasteiger partial charge in [0.1, 0.15) is 5.75 Å². The average molecular weight is 282 g/mol. The molecule has 2 N–H and O–H groups in total. The summed E-state index contributed by atoms with van der Waals surface area (Å²) < 4.78 is 7.36. The van der Waals surface area contributed by atoms with E-state index < -0.39 is 0 Å². The second-order valence-electron chi connectivity index (χ2n) is 5.00. The molecule has 2 heterocycles. The largest absolute Gasteiger partial charge is 0.491 e. The van der Waals surface area contributed by atoms with Crippen LogP contribution in [0.1, 0.15) is 18.9 Å². The van der Waals surface area contributed by atoms with Crippen LogP contribution in [-0.4, -0.2) is 21.2 Å². The fourth-order valence-electron chi connectivity index (χ4n) is 2.19. The number of nitrogens with zero attached hydrogens (tertiary/aromatic N) is 3. The number of hydrogen-bond donors (Lipinski definition) is 1. The lowest BCUT2D eigenvalue weighted by Gasteiger charge is -2.08. The molecule has 0 saturated heterocycles. The predicted molar refractivity (Wildman–Crippen MR) is 83.4 cm³/mol. The van der Waals surface area contributed by atoms with Gasteiger partial charge in [0.2, 0.25) is 0 Å². The number of pyridine rings is 1. The Morgan fingerprint density at radius 2 is 2.14 bits per heavy atom. The van der Waals surface area contributed by atoms with Gasteiger partial charge in [-0.1, -0.05) is 13.0 Å². The summed E-state index contributed by atoms with van der Waals surface area (Å²) in [7, 11) is 0. The van der Waals surface area contributed by atoms with Crippen LogP contribution in [0.5, 0.6) is 5.75 Å². The van der Waals surface area contributed by atoms with Gasteiger partial charge in [-0.2, -0.15) is 0 Å². The third-order valence-electron chi connectivity index (χ3n) is 3.29. The molecule has 108 valence electrons. The van der Waals surface area contributed by atoms with Crippen LogP contribution in [0, 0.1) is 6.92 Å². The van der Waals surface area contributed by atoms with Crippen molar-refractivity contribution in [2.24, 2.45) is 0 Å². The maximum absolute atomic E-state index is 6.04. The van der Waals surface area contributed by atoms with Gasteiger partial charge in [-0.05, 0) is 43.2 Å². The minimum atomic E-state index is 0.608. The van der Waals surface area contributed by atoms with Crippen molar-refractivity contribution in [3.05, 3.63) is 42.1 Å². The first-order valence-corrected chi connectivity index (χ1v) is 7.03. The van der Waals surface area contributed by atoms with E-state index >= 15 is 0 Å². The molecule has 0 unspecified atom stereocenters. The third kappa shape index (κ3) is 2.54. The molecule has 5 nitrogen and oxygen atoms in total. The van der Waals surface area contributed by atoms with Gasteiger partial charge in [-0.25, -0.2) is 9.50 Å². The highest BCUT2D eigenvalue weighted by atomic mass is 16.5. The lowest BCUT2D eigenvalue weighted by atomic mass is 10.2. The molecule has 0 radical (unpaired) electrons. The summed E-state index contributed by atoms with van der Waals surface area (Å²) in [5.74, 6) is 1.37. The van der Waals surface area contributed by atoms with Gasteiger partial charge in [0.05, 0.1) is 12.3 Å². The Labute approximate surface area is 123 Å². The number of ether oxygens (including phenoxy) is 1. The zero-order valence-corrected chi connectivity index (χ0v) is 12.2. The number of fused-ring (bicyclic) bond motifs is 1. The number of aryl methyl sites for hydroxylation is 1. The van der Waals surface area contributed by atoms with Crippen molar-refractivity contribution in [2.75, 3.05) is 12.3 Å². The number of hydrogen-bond acceptors (Lipinski definition) is 4. The Morgan fingerprint density at radius 1 is 1.29 bits per heavy atom. The summed E-state index contributed by atoms with van der Waals surface area (Å²) in [6, 6.07) is 9.64. The lowest BCUT2D eigenvalue weighted by molar-refractivity contribution is 0.319. The minimum absolute atomic E-state index is 0.608. The molecule has 21 heavy (non-hydrogen) atoms. The Kier molecular flexibility index (Phi) is 3.48. The molecular weight excluding hydrogens is 264 g/mol. The summed E-state index contributed by atoms with van der Waals surface area (Å²) >= 11 is 0. The van der Waals surface area contributed by atoms with Crippen LogP contribution in [0.3, 0.4) is 0 Å². The summed E-state index contributed by atoms with van der Waals surface area (Å²) in [5, 5.41) is 4.49. The topological polar surface area (TPSA) is 65.4 Å². The first-order chi connectivity index (χ1) is 10.2. The van der Waals surface area contributed by atoms with E-state index in [0.717, 1.165) is 23.2 Å². The van der Waals surface area contributed by atoms with Crippen molar-refractivity contribution >= 4 is 11.3 Å². The minimum Gasteiger partial charge on any atom is -0.491 e. The van der Waals surface area contributed by atoms with Crippen molar-refractivity contribution in [3.63, 3.8) is 0 Å². The smallest absolute Gasteiger partial charge is 0.182 e. The molecule has 1 aromatic carbocycles. The maximum Gasteiger partial charge on any atom is 0.182 e. The highest BCUT2D eigenvalue weighted by molar-refractivity contribution is 5.67. The zero-order valence-electron chi connectivity index (χ0n) is 12.2. The fourth-order valence-corrected chi connectivity index (χ4v) is 2.19. The predicted octanol–water partition coefficient (Wildman–Crippen LogP) is 3.08. The molecule has 0 amide bonds. The molecule has 0 aliphatic carbocycles. The van der Waals surface area contributed by atoms with Crippen LogP contribution in [0.25, 0.3) is 17.0 Å². The first kappa shape index (κ1) is 13.4. The number of nitrogen functional groups attached to an aromatic ring is 1. The van der Waals surface area contributed by atoms with E-state index in [0.29, 0.717) is 23.9 Å². The quantitative estimate of drug-likeness (QED) is 0.747. The first-order valence-electron chi connectivity index (χ1n) is 7.03. The molecule has 3 rings (SSSR count). The highest BCUT2D eigenvalue weighted by Crippen LogP contribution is 2.27. The van der Waals surface area contributed by atoms with Crippen molar-refractivity contribution in [3.8, 4) is 17.1 Å². The second kappa shape index (κ2) is 5.44. The van der Waals surface area contributed by atoms with Gasteiger partial charge in [0, 0.05) is 11.8 Å². The number of benzene rings is 1. The van der Waals surface area contributed by atoms with E-state index in [1.54, 1.807) is 4.52 Å². The molecule has 0 spiro atoms. The van der Waals surface area contributed by atoms with E-state index in [4.69, 9.17) is 10.5 Å². The number of aromatic nitrogens is 3. The third-order valence-corrected chi connectivity index (χ3v) is 3.29. The fraction of sp³-hybridized carbons (Fsp3) is 0.250. The second-order valence-corrected chi connectivity index (χ2v) is 5.00. The van der Waals surface area contributed by atoms with Gasteiger partial charge >= 0.3 is 0 Å². The summed E-state index contributed by atoms with van der Waals surface area (Å²) in [6.07, 6.45) is 2.84. The van der Waals surface area contributed by atoms with E-state index in [1.807, 2.05) is 43.5 Å². The van der Waals surface area contributed by atoms with Crippen LogP contribution < -0.4 is 10.5 Å². The maximum atomic E-state index is 6.04. The van der Waals surface area contributed by atoms with Gasteiger partial charge in [0.25, 0.3) is 0 Å². The van der Waals surface area contributed by atoms with Gasteiger partial charge in [0.15, 0.2) is 11.5 Å².